The predicted octanol–water partition coefficient (Wildman–Crippen LogP) is 2.98. The Morgan fingerprint density at radius 2 is 1.86 bits per heavy atom. The second kappa shape index (κ2) is 11.0. The van der Waals surface area contributed by atoms with Crippen LogP contribution in [-0.4, -0.2) is 36.6 Å². The van der Waals surface area contributed by atoms with Crippen LogP contribution in [0.15, 0.2) is 30.3 Å². The summed E-state index contributed by atoms with van der Waals surface area (Å²) in [4.78, 5) is 10.8. The number of aliphatic hydroxyl groups excluding tert-OH is 1. The zero-order chi connectivity index (χ0) is 16.1. The van der Waals surface area contributed by atoms with E-state index in [0.29, 0.717) is 0 Å². The maximum atomic E-state index is 10.8. The monoisotopic (exact) mass is 297 g/mol. The van der Waals surface area contributed by atoms with Crippen LogP contribution in [-0.2, 0) is 4.74 Å². The van der Waals surface area contributed by atoms with Gasteiger partial charge in [-0.2, -0.15) is 0 Å². The minimum atomic E-state index is -0.494. The average Bonchev–Trinajstić information content (AvgIpc) is 2.43. The maximum Gasteiger partial charge on any atom is 0.407 e. The quantitative estimate of drug-likeness (QED) is 0.876. The predicted molar refractivity (Wildman–Crippen MR) is 83.6 cm³/mol. The fraction of sp³-hybridized carbons (Fsp3) is 0.562. The normalized spacial score (nSPS) is 10.1. The third-order valence-electron chi connectivity index (χ3n) is 2.00. The number of alkyl carbamates (subject to hydrolysis) is 1. The fourth-order valence-corrected chi connectivity index (χ4v) is 1.21. The molecule has 0 aliphatic heterocycles. The molecule has 120 valence electrons. The Balaban J connectivity index is 0.000000382. The van der Waals surface area contributed by atoms with Crippen LogP contribution in [0.1, 0.15) is 34.1 Å². The number of ether oxygens (including phenoxy) is 2. The smallest absolute Gasteiger partial charge is 0.407 e. The van der Waals surface area contributed by atoms with Gasteiger partial charge in [0.2, 0.25) is 0 Å². The van der Waals surface area contributed by atoms with E-state index in [2.05, 4.69) is 12.2 Å². The van der Waals surface area contributed by atoms with Gasteiger partial charge in [-0.05, 0) is 39.3 Å². The Hall–Kier alpha value is -1.75. The number of hydrogen-bond donors (Lipinski definition) is 2. The lowest BCUT2D eigenvalue weighted by molar-refractivity contribution is 0.0518. The van der Waals surface area contributed by atoms with Crippen molar-refractivity contribution in [3.05, 3.63) is 30.3 Å². The highest BCUT2D eigenvalue weighted by Crippen LogP contribution is 2.07. The van der Waals surface area contributed by atoms with Crippen molar-refractivity contribution in [2.75, 3.05) is 19.8 Å². The van der Waals surface area contributed by atoms with Crippen LogP contribution in [0.2, 0.25) is 0 Å². The highest BCUT2D eigenvalue weighted by atomic mass is 16.6. The Morgan fingerprint density at radius 1 is 1.24 bits per heavy atom. The first-order valence-electron chi connectivity index (χ1n) is 7.14. The summed E-state index contributed by atoms with van der Waals surface area (Å²) in [5.74, 6) is 0.962. The zero-order valence-electron chi connectivity index (χ0n) is 13.4. The molecule has 0 radical (unpaired) electrons. The molecule has 0 aromatic heterocycles. The molecular formula is C16H27NO4. The molecule has 0 aliphatic rings. The molecule has 1 rings (SSSR count). The third kappa shape index (κ3) is 13.0. The number of aliphatic hydroxyl groups is 1. The topological polar surface area (TPSA) is 67.8 Å². The van der Waals surface area contributed by atoms with Crippen LogP contribution >= 0.6 is 0 Å². The van der Waals surface area contributed by atoms with Gasteiger partial charge in [-0.3, -0.25) is 0 Å². The number of para-hydroxylation sites is 1. The first kappa shape index (κ1) is 19.2. The Kier molecular flexibility index (Phi) is 10.1. The van der Waals surface area contributed by atoms with E-state index in [-0.39, 0.29) is 13.2 Å². The van der Waals surface area contributed by atoms with Gasteiger partial charge >= 0.3 is 6.09 Å². The van der Waals surface area contributed by atoms with Gasteiger partial charge in [-0.25, -0.2) is 4.79 Å². The molecule has 0 unspecified atom stereocenters. The summed E-state index contributed by atoms with van der Waals surface area (Å²) in [5, 5.41) is 10.7. The van der Waals surface area contributed by atoms with E-state index >= 15 is 0 Å². The van der Waals surface area contributed by atoms with Gasteiger partial charge in [0.1, 0.15) is 11.4 Å². The minimum absolute atomic E-state index is 0.0702. The van der Waals surface area contributed by atoms with Crippen LogP contribution in [0, 0.1) is 0 Å². The first-order valence-corrected chi connectivity index (χ1v) is 7.14. The molecule has 0 aliphatic carbocycles. The highest BCUT2D eigenvalue weighted by Gasteiger charge is 2.14. The minimum Gasteiger partial charge on any atom is -0.494 e. The molecule has 0 saturated carbocycles. The molecule has 21 heavy (non-hydrogen) atoms. The number of carbonyl (C=O) groups excluding carboxylic acids is 1. The number of carbonyl (C=O) groups is 1. The molecule has 0 bridgehead atoms. The van der Waals surface area contributed by atoms with Gasteiger partial charge in [0.05, 0.1) is 13.2 Å². The first-order chi connectivity index (χ1) is 9.89. The van der Waals surface area contributed by atoms with Crippen molar-refractivity contribution in [2.45, 2.75) is 39.7 Å². The molecule has 0 fully saturated rings. The fourth-order valence-electron chi connectivity index (χ4n) is 1.21. The largest absolute Gasteiger partial charge is 0.494 e. The van der Waals surface area contributed by atoms with Gasteiger partial charge in [0.15, 0.2) is 0 Å². The van der Waals surface area contributed by atoms with Crippen LogP contribution in [0.25, 0.3) is 0 Å². The molecule has 1 amide bonds. The number of benzene rings is 1. The molecule has 5 heteroatoms. The summed E-state index contributed by atoms with van der Waals surface area (Å²) in [7, 11) is 0. The van der Waals surface area contributed by atoms with Crippen molar-refractivity contribution in [2.24, 2.45) is 0 Å². The second-order valence-electron chi connectivity index (χ2n) is 5.31. The summed E-state index contributed by atoms with van der Waals surface area (Å²) >= 11 is 0. The van der Waals surface area contributed by atoms with E-state index in [9.17, 15) is 4.79 Å². The van der Waals surface area contributed by atoms with Crippen molar-refractivity contribution in [3.8, 4) is 5.75 Å². The number of rotatable bonds is 5. The Bertz CT molecular complexity index is 374. The van der Waals surface area contributed by atoms with Crippen molar-refractivity contribution in [1.82, 2.24) is 5.32 Å². The second-order valence-corrected chi connectivity index (χ2v) is 5.31. The summed E-state index contributed by atoms with van der Waals surface area (Å²) in [6, 6.07) is 9.88. The zero-order valence-corrected chi connectivity index (χ0v) is 13.4. The van der Waals surface area contributed by atoms with E-state index in [1.165, 1.54) is 0 Å². The number of nitrogens with one attached hydrogen (secondary N) is 1. The summed E-state index contributed by atoms with van der Waals surface area (Å²) < 4.78 is 10.2. The molecule has 2 N–H and O–H groups in total. The standard InChI is InChI=1S/C9H12O.C7H15NO3/c1-2-8-10-9-6-4-3-5-7-9;1-7(2,3)11-6(10)8-4-5-9/h3-7H,2,8H2,1H3;9H,4-5H2,1-3H3,(H,8,10). The van der Waals surface area contributed by atoms with Crippen molar-refractivity contribution in [1.29, 1.82) is 0 Å². The van der Waals surface area contributed by atoms with Gasteiger partial charge in [-0.1, -0.05) is 25.1 Å². The average molecular weight is 297 g/mol. The molecular weight excluding hydrogens is 270 g/mol. The van der Waals surface area contributed by atoms with Crippen LogP contribution < -0.4 is 10.1 Å². The van der Waals surface area contributed by atoms with Crippen molar-refractivity contribution < 1.29 is 19.4 Å². The maximum absolute atomic E-state index is 10.8. The van der Waals surface area contributed by atoms with Gasteiger partial charge < -0.3 is 19.9 Å². The van der Waals surface area contributed by atoms with Gasteiger partial charge in [-0.15, -0.1) is 0 Å². The van der Waals surface area contributed by atoms with Gasteiger partial charge in [0.25, 0.3) is 0 Å². The van der Waals surface area contributed by atoms with E-state index < -0.39 is 11.7 Å². The summed E-state index contributed by atoms with van der Waals surface area (Å²) in [5.41, 5.74) is -0.473. The van der Waals surface area contributed by atoms with E-state index in [4.69, 9.17) is 14.6 Å². The van der Waals surface area contributed by atoms with Crippen LogP contribution in [0.5, 0.6) is 5.75 Å². The lowest BCUT2D eigenvalue weighted by Gasteiger charge is -2.19. The number of amides is 1. The van der Waals surface area contributed by atoms with Crippen molar-refractivity contribution in [3.63, 3.8) is 0 Å². The molecule has 5 nitrogen and oxygen atoms in total. The molecule has 0 heterocycles. The number of hydrogen-bond acceptors (Lipinski definition) is 4. The SMILES string of the molecule is CC(C)(C)OC(=O)NCCO.CCCOc1ccccc1. The molecule has 1 aromatic carbocycles. The van der Waals surface area contributed by atoms with E-state index in [1.807, 2.05) is 30.3 Å². The Morgan fingerprint density at radius 3 is 2.33 bits per heavy atom. The Labute approximate surface area is 127 Å². The van der Waals surface area contributed by atoms with Gasteiger partial charge in [0, 0.05) is 6.54 Å². The lowest BCUT2D eigenvalue weighted by atomic mass is 10.2. The van der Waals surface area contributed by atoms with Crippen LogP contribution in [0.4, 0.5) is 4.79 Å². The summed E-state index contributed by atoms with van der Waals surface area (Å²) in [6.07, 6.45) is 0.570. The third-order valence-corrected chi connectivity index (χ3v) is 2.00. The van der Waals surface area contributed by atoms with Crippen LogP contribution in [0.3, 0.4) is 0 Å². The van der Waals surface area contributed by atoms with Crippen molar-refractivity contribution >= 4 is 6.09 Å². The molecule has 0 atom stereocenters. The molecule has 1 aromatic rings. The molecule has 0 spiro atoms. The molecule has 0 saturated heterocycles. The van der Waals surface area contributed by atoms with E-state index in [1.54, 1.807) is 20.8 Å². The summed E-state index contributed by atoms with van der Waals surface area (Å²) in [6.45, 7) is 8.42. The highest BCUT2D eigenvalue weighted by molar-refractivity contribution is 5.67. The lowest BCUT2D eigenvalue weighted by Crippen LogP contribution is -2.33. The van der Waals surface area contributed by atoms with E-state index in [0.717, 1.165) is 18.8 Å².